The third-order valence-electron chi connectivity index (χ3n) is 4.08. The Balaban J connectivity index is 1.79. The molecule has 2 rings (SSSR count). The first-order valence-corrected chi connectivity index (χ1v) is 9.41. The molecule has 0 fully saturated rings. The number of ether oxygens (including phenoxy) is 1. The second-order valence-electron chi connectivity index (χ2n) is 6.22. The number of amides is 1. The fraction of sp³-hybridized carbons (Fsp3) is 0.364. The van der Waals surface area contributed by atoms with Gasteiger partial charge in [0.05, 0.1) is 12.8 Å². The van der Waals surface area contributed by atoms with Crippen molar-refractivity contribution in [1.29, 1.82) is 0 Å². The van der Waals surface area contributed by atoms with E-state index in [0.29, 0.717) is 12.2 Å². The summed E-state index contributed by atoms with van der Waals surface area (Å²) in [7, 11) is 0. The van der Waals surface area contributed by atoms with Gasteiger partial charge in [-0.3, -0.25) is 4.79 Å². The Morgan fingerprint density at radius 3 is 2.46 bits per heavy atom. The van der Waals surface area contributed by atoms with Crippen molar-refractivity contribution in [3.8, 4) is 5.75 Å². The smallest absolute Gasteiger partial charge is 0.271 e. The summed E-state index contributed by atoms with van der Waals surface area (Å²) in [6, 6.07) is 16.7. The van der Waals surface area contributed by atoms with E-state index in [1.54, 1.807) is 18.3 Å². The van der Waals surface area contributed by atoms with Crippen LogP contribution in [0, 0.1) is 0 Å². The molecule has 2 aromatic carbocycles. The van der Waals surface area contributed by atoms with Crippen molar-refractivity contribution >= 4 is 12.1 Å². The van der Waals surface area contributed by atoms with Crippen LogP contribution in [0.15, 0.2) is 59.7 Å². The number of unbranched alkanes of at least 4 members (excludes halogenated alkanes) is 5. The van der Waals surface area contributed by atoms with Crippen molar-refractivity contribution in [2.75, 3.05) is 6.61 Å². The summed E-state index contributed by atoms with van der Waals surface area (Å²) in [6.07, 6.45) is 9.03. The average Bonchev–Trinajstić information content (AvgIpc) is 2.69. The van der Waals surface area contributed by atoms with Crippen LogP contribution in [0.3, 0.4) is 0 Å². The summed E-state index contributed by atoms with van der Waals surface area (Å²) in [6.45, 7) is 2.93. The molecule has 0 spiro atoms. The van der Waals surface area contributed by atoms with Crippen LogP contribution < -0.4 is 10.2 Å². The van der Waals surface area contributed by atoms with Crippen LogP contribution in [0.2, 0.25) is 0 Å². The van der Waals surface area contributed by atoms with Crippen molar-refractivity contribution in [3.63, 3.8) is 0 Å². The van der Waals surface area contributed by atoms with Crippen LogP contribution in [0.5, 0.6) is 5.75 Å². The van der Waals surface area contributed by atoms with Crippen LogP contribution >= 0.6 is 0 Å². The van der Waals surface area contributed by atoms with Crippen LogP contribution in [0.25, 0.3) is 0 Å². The Labute approximate surface area is 156 Å². The van der Waals surface area contributed by atoms with Crippen molar-refractivity contribution in [1.82, 2.24) is 5.43 Å². The van der Waals surface area contributed by atoms with Gasteiger partial charge in [0, 0.05) is 11.1 Å². The zero-order valence-electron chi connectivity index (χ0n) is 15.5. The molecule has 26 heavy (non-hydrogen) atoms. The number of carbonyl (C=O) groups is 1. The normalized spacial score (nSPS) is 10.8. The zero-order valence-corrected chi connectivity index (χ0v) is 15.5. The molecule has 0 radical (unpaired) electrons. The second kappa shape index (κ2) is 11.9. The highest BCUT2D eigenvalue weighted by Crippen LogP contribution is 2.16. The molecule has 0 saturated heterocycles. The minimum absolute atomic E-state index is 0.229. The molecule has 0 heterocycles. The first-order chi connectivity index (χ1) is 12.8. The Bertz CT molecular complexity index is 684. The van der Waals surface area contributed by atoms with Gasteiger partial charge in [-0.25, -0.2) is 5.43 Å². The summed E-state index contributed by atoms with van der Waals surface area (Å²) < 4.78 is 5.88. The summed E-state index contributed by atoms with van der Waals surface area (Å²) in [4.78, 5) is 12.0. The standard InChI is InChI=1S/C22H28N2O2/c1-2-3-4-5-6-12-17-26-21-16-11-10-15-20(21)18-23-24-22(25)19-13-8-7-9-14-19/h7-11,13-16,18H,2-6,12,17H2,1H3,(H,24,25)/b23-18+. The number of nitrogens with one attached hydrogen (secondary N) is 1. The summed E-state index contributed by atoms with van der Waals surface area (Å²) in [5, 5.41) is 4.05. The Kier molecular flexibility index (Phi) is 8.98. The van der Waals surface area contributed by atoms with Crippen LogP contribution in [0.1, 0.15) is 61.4 Å². The highest BCUT2D eigenvalue weighted by Gasteiger charge is 2.03. The fourth-order valence-electron chi connectivity index (χ4n) is 2.60. The topological polar surface area (TPSA) is 50.7 Å². The van der Waals surface area contributed by atoms with Gasteiger partial charge in [0.25, 0.3) is 5.91 Å². The number of para-hydroxylation sites is 1. The summed E-state index contributed by atoms with van der Waals surface area (Å²) in [5.74, 6) is 0.561. The number of hydrazone groups is 1. The molecular weight excluding hydrogens is 324 g/mol. The Morgan fingerprint density at radius 2 is 1.65 bits per heavy atom. The van der Waals surface area contributed by atoms with E-state index in [2.05, 4.69) is 17.5 Å². The molecule has 0 aliphatic rings. The number of rotatable bonds is 11. The number of hydrogen-bond acceptors (Lipinski definition) is 3. The van der Waals surface area contributed by atoms with Crippen molar-refractivity contribution in [2.24, 2.45) is 5.10 Å². The van der Waals surface area contributed by atoms with E-state index in [-0.39, 0.29) is 5.91 Å². The molecule has 0 bridgehead atoms. The highest BCUT2D eigenvalue weighted by molar-refractivity contribution is 5.95. The monoisotopic (exact) mass is 352 g/mol. The molecule has 4 nitrogen and oxygen atoms in total. The van der Waals surface area contributed by atoms with Gasteiger partial charge < -0.3 is 4.74 Å². The summed E-state index contributed by atoms with van der Waals surface area (Å²) >= 11 is 0. The second-order valence-corrected chi connectivity index (χ2v) is 6.22. The molecule has 0 unspecified atom stereocenters. The third-order valence-corrected chi connectivity index (χ3v) is 4.08. The van der Waals surface area contributed by atoms with E-state index < -0.39 is 0 Å². The molecule has 0 aliphatic heterocycles. The Hall–Kier alpha value is -2.62. The lowest BCUT2D eigenvalue weighted by Gasteiger charge is -2.09. The van der Waals surface area contributed by atoms with Crippen LogP contribution in [0.4, 0.5) is 0 Å². The van der Waals surface area contributed by atoms with Crippen molar-refractivity contribution < 1.29 is 9.53 Å². The van der Waals surface area contributed by atoms with E-state index in [4.69, 9.17) is 4.74 Å². The van der Waals surface area contributed by atoms with E-state index >= 15 is 0 Å². The van der Waals surface area contributed by atoms with Gasteiger partial charge in [0.15, 0.2) is 0 Å². The van der Waals surface area contributed by atoms with Gasteiger partial charge in [-0.1, -0.05) is 69.4 Å². The predicted molar refractivity (Wildman–Crippen MR) is 107 cm³/mol. The van der Waals surface area contributed by atoms with Gasteiger partial charge in [0.2, 0.25) is 0 Å². The average molecular weight is 352 g/mol. The predicted octanol–water partition coefficient (Wildman–Crippen LogP) is 5.19. The lowest BCUT2D eigenvalue weighted by Crippen LogP contribution is -2.17. The number of benzene rings is 2. The molecule has 0 atom stereocenters. The largest absolute Gasteiger partial charge is 0.493 e. The Morgan fingerprint density at radius 1 is 0.962 bits per heavy atom. The van der Waals surface area contributed by atoms with E-state index in [0.717, 1.165) is 17.7 Å². The molecule has 1 N–H and O–H groups in total. The van der Waals surface area contributed by atoms with Gasteiger partial charge in [-0.2, -0.15) is 5.10 Å². The molecular formula is C22H28N2O2. The molecule has 0 aromatic heterocycles. The number of carbonyl (C=O) groups excluding carboxylic acids is 1. The molecule has 1 amide bonds. The molecule has 4 heteroatoms. The van der Waals surface area contributed by atoms with Gasteiger partial charge in [0.1, 0.15) is 5.75 Å². The van der Waals surface area contributed by atoms with Gasteiger partial charge in [-0.05, 0) is 30.7 Å². The van der Waals surface area contributed by atoms with Crippen molar-refractivity contribution in [2.45, 2.75) is 45.4 Å². The minimum atomic E-state index is -0.229. The molecule has 2 aromatic rings. The maximum Gasteiger partial charge on any atom is 0.271 e. The molecule has 0 aliphatic carbocycles. The maximum absolute atomic E-state index is 12.0. The minimum Gasteiger partial charge on any atom is -0.493 e. The third kappa shape index (κ3) is 7.09. The van der Waals surface area contributed by atoms with Gasteiger partial charge >= 0.3 is 0 Å². The number of hydrogen-bond donors (Lipinski definition) is 1. The summed E-state index contributed by atoms with van der Waals surface area (Å²) in [5.41, 5.74) is 3.98. The lowest BCUT2D eigenvalue weighted by atomic mass is 10.1. The fourth-order valence-corrected chi connectivity index (χ4v) is 2.60. The SMILES string of the molecule is CCCCCCCCOc1ccccc1/C=N/NC(=O)c1ccccc1. The van der Waals surface area contributed by atoms with Crippen LogP contribution in [-0.4, -0.2) is 18.7 Å². The zero-order chi connectivity index (χ0) is 18.5. The van der Waals surface area contributed by atoms with Crippen LogP contribution in [-0.2, 0) is 0 Å². The molecule has 0 saturated carbocycles. The lowest BCUT2D eigenvalue weighted by molar-refractivity contribution is 0.0955. The number of nitrogens with zero attached hydrogens (tertiary/aromatic N) is 1. The molecule has 138 valence electrons. The quantitative estimate of drug-likeness (QED) is 0.344. The highest BCUT2D eigenvalue weighted by atomic mass is 16.5. The van der Waals surface area contributed by atoms with E-state index in [1.165, 1.54) is 32.1 Å². The van der Waals surface area contributed by atoms with E-state index in [1.807, 2.05) is 42.5 Å². The van der Waals surface area contributed by atoms with Gasteiger partial charge in [-0.15, -0.1) is 0 Å². The van der Waals surface area contributed by atoms with Crippen molar-refractivity contribution in [3.05, 3.63) is 65.7 Å². The van der Waals surface area contributed by atoms with E-state index in [9.17, 15) is 4.79 Å². The first kappa shape index (κ1) is 19.7. The maximum atomic E-state index is 12.0. The first-order valence-electron chi connectivity index (χ1n) is 9.41.